The summed E-state index contributed by atoms with van der Waals surface area (Å²) in [6.07, 6.45) is 0.920. The Kier molecular flexibility index (Phi) is 6.52. The molecule has 0 heterocycles. The number of rotatable bonds is 7. The minimum absolute atomic E-state index is 0.0185. The van der Waals surface area contributed by atoms with Gasteiger partial charge in [-0.3, -0.25) is 4.79 Å². The van der Waals surface area contributed by atoms with Gasteiger partial charge in [0.15, 0.2) is 0 Å². The molecule has 0 saturated carbocycles. The highest BCUT2D eigenvalue weighted by molar-refractivity contribution is 5.79. The third-order valence-corrected chi connectivity index (χ3v) is 3.26. The van der Waals surface area contributed by atoms with E-state index in [0.29, 0.717) is 6.54 Å². The summed E-state index contributed by atoms with van der Waals surface area (Å²) in [6, 6.07) is 7.78. The zero-order valence-corrected chi connectivity index (χ0v) is 12.8. The van der Waals surface area contributed by atoms with E-state index in [1.165, 1.54) is 0 Å². The molecule has 3 N–H and O–H groups in total. The first-order valence-corrected chi connectivity index (χ1v) is 7.25. The van der Waals surface area contributed by atoms with Crippen LogP contribution >= 0.6 is 0 Å². The van der Waals surface area contributed by atoms with E-state index in [9.17, 15) is 4.79 Å². The summed E-state index contributed by atoms with van der Waals surface area (Å²) >= 11 is 0. The number of benzene rings is 1. The fraction of sp³-hybridized carbons (Fsp3) is 0.562. The van der Waals surface area contributed by atoms with Crippen molar-refractivity contribution in [1.29, 1.82) is 0 Å². The largest absolute Gasteiger partial charge is 0.491 e. The van der Waals surface area contributed by atoms with Gasteiger partial charge in [-0.25, -0.2) is 0 Å². The van der Waals surface area contributed by atoms with E-state index in [-0.39, 0.29) is 24.0 Å². The second-order valence-electron chi connectivity index (χ2n) is 5.31. The molecule has 0 aliphatic carbocycles. The van der Waals surface area contributed by atoms with E-state index < -0.39 is 0 Å². The van der Waals surface area contributed by atoms with Crippen molar-refractivity contribution in [2.75, 3.05) is 6.54 Å². The Labute approximate surface area is 121 Å². The Morgan fingerprint density at radius 3 is 2.30 bits per heavy atom. The number of carbonyl (C=O) groups excluding carboxylic acids is 1. The van der Waals surface area contributed by atoms with Crippen LogP contribution in [-0.4, -0.2) is 18.6 Å². The average Bonchev–Trinajstić information content (AvgIpc) is 2.40. The topological polar surface area (TPSA) is 64.4 Å². The zero-order valence-electron chi connectivity index (χ0n) is 12.8. The molecule has 4 heteroatoms. The highest BCUT2D eigenvalue weighted by atomic mass is 16.5. The molecule has 2 unspecified atom stereocenters. The van der Waals surface area contributed by atoms with Crippen LogP contribution in [0.5, 0.6) is 5.75 Å². The SMILES string of the molecule is CCC(CN)C(=O)NC(C)c1ccc(OC(C)C)cc1. The zero-order chi connectivity index (χ0) is 15.1. The van der Waals surface area contributed by atoms with E-state index in [1.807, 2.05) is 52.0 Å². The standard InChI is InChI=1S/C16H26N2O2/c1-5-13(10-17)16(19)18-12(4)14-6-8-15(9-7-14)20-11(2)3/h6-9,11-13H,5,10,17H2,1-4H3,(H,18,19). The highest BCUT2D eigenvalue weighted by Crippen LogP contribution is 2.19. The van der Waals surface area contributed by atoms with Gasteiger partial charge < -0.3 is 15.8 Å². The summed E-state index contributed by atoms with van der Waals surface area (Å²) in [5, 5.41) is 3.00. The first kappa shape index (κ1) is 16.5. The molecule has 1 aromatic carbocycles. The van der Waals surface area contributed by atoms with Gasteiger partial charge in [-0.15, -0.1) is 0 Å². The third-order valence-electron chi connectivity index (χ3n) is 3.26. The Morgan fingerprint density at radius 2 is 1.85 bits per heavy atom. The summed E-state index contributed by atoms with van der Waals surface area (Å²) in [7, 11) is 0. The molecular weight excluding hydrogens is 252 g/mol. The van der Waals surface area contributed by atoms with Crippen LogP contribution in [0.15, 0.2) is 24.3 Å². The Hall–Kier alpha value is -1.55. The minimum Gasteiger partial charge on any atom is -0.491 e. The number of ether oxygens (including phenoxy) is 1. The predicted molar refractivity (Wildman–Crippen MR) is 81.6 cm³/mol. The van der Waals surface area contributed by atoms with E-state index in [1.54, 1.807) is 0 Å². The van der Waals surface area contributed by atoms with E-state index in [2.05, 4.69) is 5.32 Å². The summed E-state index contributed by atoms with van der Waals surface area (Å²) in [5.74, 6) is 0.752. The predicted octanol–water partition coefficient (Wildman–Crippen LogP) is 2.64. The van der Waals surface area contributed by atoms with Gasteiger partial charge in [0, 0.05) is 12.5 Å². The van der Waals surface area contributed by atoms with Crippen molar-refractivity contribution < 1.29 is 9.53 Å². The van der Waals surface area contributed by atoms with Gasteiger partial charge >= 0.3 is 0 Å². The number of hydrogen-bond donors (Lipinski definition) is 2. The normalized spacial score (nSPS) is 13.9. The molecule has 1 rings (SSSR count). The average molecular weight is 278 g/mol. The second kappa shape index (κ2) is 7.90. The molecule has 4 nitrogen and oxygen atoms in total. The summed E-state index contributed by atoms with van der Waals surface area (Å²) in [6.45, 7) is 8.32. The molecule has 0 aliphatic rings. The maximum Gasteiger partial charge on any atom is 0.224 e. The first-order valence-electron chi connectivity index (χ1n) is 7.25. The van der Waals surface area contributed by atoms with Crippen LogP contribution in [0.2, 0.25) is 0 Å². The molecule has 0 saturated heterocycles. The molecule has 1 amide bonds. The van der Waals surface area contributed by atoms with Crippen molar-refractivity contribution in [2.45, 2.75) is 46.3 Å². The fourth-order valence-corrected chi connectivity index (χ4v) is 1.98. The van der Waals surface area contributed by atoms with Gasteiger partial charge in [0.25, 0.3) is 0 Å². The molecule has 2 atom stereocenters. The monoisotopic (exact) mass is 278 g/mol. The summed E-state index contributed by atoms with van der Waals surface area (Å²) < 4.78 is 5.60. The Bertz CT molecular complexity index is 411. The minimum atomic E-state index is -0.110. The van der Waals surface area contributed by atoms with Crippen molar-refractivity contribution in [2.24, 2.45) is 11.7 Å². The van der Waals surface area contributed by atoms with Crippen LogP contribution in [-0.2, 0) is 4.79 Å². The van der Waals surface area contributed by atoms with Crippen molar-refractivity contribution in [3.63, 3.8) is 0 Å². The molecule has 112 valence electrons. The van der Waals surface area contributed by atoms with Crippen molar-refractivity contribution in [1.82, 2.24) is 5.32 Å². The van der Waals surface area contributed by atoms with Gasteiger partial charge in [0.05, 0.1) is 12.1 Å². The highest BCUT2D eigenvalue weighted by Gasteiger charge is 2.17. The molecule has 0 fully saturated rings. The third kappa shape index (κ3) is 4.85. The maximum absolute atomic E-state index is 12.0. The molecular formula is C16H26N2O2. The second-order valence-corrected chi connectivity index (χ2v) is 5.31. The smallest absolute Gasteiger partial charge is 0.224 e. The van der Waals surface area contributed by atoms with Gasteiger partial charge in [-0.1, -0.05) is 19.1 Å². The lowest BCUT2D eigenvalue weighted by Crippen LogP contribution is -2.36. The van der Waals surface area contributed by atoms with Crippen LogP contribution in [0.25, 0.3) is 0 Å². The van der Waals surface area contributed by atoms with Gasteiger partial charge in [0.1, 0.15) is 5.75 Å². The Morgan fingerprint density at radius 1 is 1.25 bits per heavy atom. The quantitative estimate of drug-likeness (QED) is 0.806. The maximum atomic E-state index is 12.0. The molecule has 0 aromatic heterocycles. The number of carbonyl (C=O) groups is 1. The summed E-state index contributed by atoms with van der Waals surface area (Å²) in [5.41, 5.74) is 6.64. The van der Waals surface area contributed by atoms with Crippen molar-refractivity contribution in [3.8, 4) is 5.75 Å². The van der Waals surface area contributed by atoms with E-state index >= 15 is 0 Å². The number of hydrogen-bond acceptors (Lipinski definition) is 3. The lowest BCUT2D eigenvalue weighted by Gasteiger charge is -2.19. The molecule has 1 aromatic rings. The van der Waals surface area contributed by atoms with E-state index in [0.717, 1.165) is 17.7 Å². The van der Waals surface area contributed by atoms with E-state index in [4.69, 9.17) is 10.5 Å². The van der Waals surface area contributed by atoms with Gasteiger partial charge in [-0.2, -0.15) is 0 Å². The van der Waals surface area contributed by atoms with Crippen molar-refractivity contribution in [3.05, 3.63) is 29.8 Å². The van der Waals surface area contributed by atoms with Crippen LogP contribution in [0, 0.1) is 5.92 Å². The molecule has 20 heavy (non-hydrogen) atoms. The van der Waals surface area contributed by atoms with Gasteiger partial charge in [-0.05, 0) is 44.9 Å². The summed E-state index contributed by atoms with van der Waals surface area (Å²) in [4.78, 5) is 12.0. The van der Waals surface area contributed by atoms with Crippen LogP contribution in [0.4, 0.5) is 0 Å². The van der Waals surface area contributed by atoms with Crippen LogP contribution in [0.1, 0.15) is 45.7 Å². The number of nitrogens with two attached hydrogens (primary N) is 1. The van der Waals surface area contributed by atoms with Gasteiger partial charge in [0.2, 0.25) is 5.91 Å². The van der Waals surface area contributed by atoms with Crippen LogP contribution in [0.3, 0.4) is 0 Å². The fourth-order valence-electron chi connectivity index (χ4n) is 1.98. The lowest BCUT2D eigenvalue weighted by molar-refractivity contribution is -0.125. The lowest BCUT2D eigenvalue weighted by atomic mass is 10.0. The molecule has 0 spiro atoms. The van der Waals surface area contributed by atoms with Crippen LogP contribution < -0.4 is 15.8 Å². The molecule has 0 bridgehead atoms. The molecule has 0 aliphatic heterocycles. The number of amides is 1. The first-order chi connectivity index (χ1) is 9.47. The Balaban J connectivity index is 2.63. The number of nitrogens with one attached hydrogen (secondary N) is 1. The van der Waals surface area contributed by atoms with Crippen molar-refractivity contribution >= 4 is 5.91 Å². The molecule has 0 radical (unpaired) electrons.